The molecule has 4 heteroatoms. The van der Waals surface area contributed by atoms with E-state index in [2.05, 4.69) is 0 Å². The molecule has 1 saturated heterocycles. The van der Waals surface area contributed by atoms with Crippen LogP contribution < -0.4 is 5.73 Å². The van der Waals surface area contributed by atoms with Crippen LogP contribution in [0.2, 0.25) is 0 Å². The quantitative estimate of drug-likeness (QED) is 0.886. The molecule has 4 nitrogen and oxygen atoms in total. The first-order valence-electron chi connectivity index (χ1n) is 7.37. The molecule has 1 aliphatic heterocycles. The fourth-order valence-corrected chi connectivity index (χ4v) is 3.32. The molecular formula is C17H18N2O2. The first-order valence-corrected chi connectivity index (χ1v) is 7.37. The van der Waals surface area contributed by atoms with Crippen LogP contribution in [-0.2, 0) is 0 Å². The highest BCUT2D eigenvalue weighted by atomic mass is 16.3. The zero-order chi connectivity index (χ0) is 14.6. The Kier molecular flexibility index (Phi) is 2.54. The molecule has 0 unspecified atom stereocenters. The van der Waals surface area contributed by atoms with Crippen molar-refractivity contribution in [3.8, 4) is 5.75 Å². The van der Waals surface area contributed by atoms with E-state index in [1.54, 1.807) is 11.0 Å². The van der Waals surface area contributed by atoms with Crippen molar-refractivity contribution in [3.05, 3.63) is 42.0 Å². The highest BCUT2D eigenvalue weighted by Gasteiger charge is 2.51. The molecule has 2 aromatic rings. The number of benzene rings is 2. The van der Waals surface area contributed by atoms with Gasteiger partial charge in [-0.2, -0.15) is 0 Å². The van der Waals surface area contributed by atoms with E-state index < -0.39 is 0 Å². The molecule has 0 bridgehead atoms. The summed E-state index contributed by atoms with van der Waals surface area (Å²) in [6, 6.07) is 11.1. The summed E-state index contributed by atoms with van der Waals surface area (Å²) in [6.07, 6.45) is 2.36. The van der Waals surface area contributed by atoms with Crippen LogP contribution >= 0.6 is 0 Å². The van der Waals surface area contributed by atoms with E-state index >= 15 is 0 Å². The Hall–Kier alpha value is -2.07. The van der Waals surface area contributed by atoms with E-state index in [4.69, 9.17) is 5.73 Å². The van der Waals surface area contributed by atoms with Gasteiger partial charge in [-0.3, -0.25) is 4.79 Å². The predicted octanol–water partition coefficient (Wildman–Crippen LogP) is 2.11. The highest BCUT2D eigenvalue weighted by molar-refractivity contribution is 6.04. The van der Waals surface area contributed by atoms with Crippen LogP contribution in [0.4, 0.5) is 0 Å². The van der Waals surface area contributed by atoms with Gasteiger partial charge in [0.05, 0.1) is 11.1 Å². The van der Waals surface area contributed by atoms with Gasteiger partial charge in [0.2, 0.25) is 0 Å². The summed E-state index contributed by atoms with van der Waals surface area (Å²) in [5.74, 6) is 0.519. The van der Waals surface area contributed by atoms with Crippen molar-refractivity contribution in [2.45, 2.75) is 18.4 Å². The summed E-state index contributed by atoms with van der Waals surface area (Å²) in [4.78, 5) is 14.3. The third-order valence-electron chi connectivity index (χ3n) is 4.78. The van der Waals surface area contributed by atoms with Crippen molar-refractivity contribution < 1.29 is 9.90 Å². The lowest BCUT2D eigenvalue weighted by Crippen LogP contribution is -2.69. The first-order chi connectivity index (χ1) is 10.1. The number of phenols is 1. The number of hydrogen-bond acceptors (Lipinski definition) is 3. The summed E-state index contributed by atoms with van der Waals surface area (Å²) >= 11 is 0. The Morgan fingerprint density at radius 3 is 2.62 bits per heavy atom. The number of fused-ring (bicyclic) bond motifs is 1. The average Bonchev–Trinajstić information content (AvgIpc) is 3.29. The first kappa shape index (κ1) is 12.7. The van der Waals surface area contributed by atoms with Crippen LogP contribution in [0.15, 0.2) is 36.4 Å². The van der Waals surface area contributed by atoms with Crippen molar-refractivity contribution in [2.24, 2.45) is 11.7 Å². The summed E-state index contributed by atoms with van der Waals surface area (Å²) in [5, 5.41) is 12.0. The third kappa shape index (κ3) is 1.90. The van der Waals surface area contributed by atoms with E-state index in [-0.39, 0.29) is 17.2 Å². The molecule has 3 N–H and O–H groups in total. The zero-order valence-electron chi connectivity index (χ0n) is 11.7. The maximum Gasteiger partial charge on any atom is 0.257 e. The van der Waals surface area contributed by atoms with Gasteiger partial charge in [-0.1, -0.05) is 30.3 Å². The van der Waals surface area contributed by atoms with Crippen molar-refractivity contribution in [3.63, 3.8) is 0 Å². The normalized spacial score (nSPS) is 20.3. The molecule has 2 fully saturated rings. The molecule has 108 valence electrons. The van der Waals surface area contributed by atoms with Gasteiger partial charge in [0.15, 0.2) is 0 Å². The largest absolute Gasteiger partial charge is 0.506 e. The smallest absolute Gasteiger partial charge is 0.257 e. The number of nitrogens with zero attached hydrogens (tertiary/aromatic N) is 1. The maximum atomic E-state index is 12.5. The zero-order valence-corrected chi connectivity index (χ0v) is 11.7. The van der Waals surface area contributed by atoms with Crippen molar-refractivity contribution in [1.29, 1.82) is 0 Å². The second kappa shape index (κ2) is 4.21. The van der Waals surface area contributed by atoms with Gasteiger partial charge in [-0.25, -0.2) is 0 Å². The number of carbonyl (C=O) groups excluding carboxylic acids is 1. The van der Waals surface area contributed by atoms with Gasteiger partial charge < -0.3 is 15.7 Å². The number of rotatable bonds is 2. The van der Waals surface area contributed by atoms with Gasteiger partial charge in [0, 0.05) is 18.5 Å². The molecule has 1 aliphatic carbocycles. The summed E-state index contributed by atoms with van der Waals surface area (Å²) in [6.45, 7) is 1.20. The molecule has 2 aromatic carbocycles. The van der Waals surface area contributed by atoms with Crippen LogP contribution in [0.1, 0.15) is 23.2 Å². The topological polar surface area (TPSA) is 66.6 Å². The lowest BCUT2D eigenvalue weighted by Gasteiger charge is -2.48. The van der Waals surface area contributed by atoms with E-state index in [1.807, 2.05) is 30.3 Å². The number of phenolic OH excluding ortho intramolecular Hbond substituents is 1. The average molecular weight is 282 g/mol. The van der Waals surface area contributed by atoms with Crippen molar-refractivity contribution in [2.75, 3.05) is 13.1 Å². The van der Waals surface area contributed by atoms with Crippen LogP contribution in [0.3, 0.4) is 0 Å². The molecule has 0 spiro atoms. The third-order valence-corrected chi connectivity index (χ3v) is 4.78. The minimum absolute atomic E-state index is 0.0686. The molecular weight excluding hydrogens is 264 g/mol. The second-order valence-corrected chi connectivity index (χ2v) is 6.35. The maximum absolute atomic E-state index is 12.5. The molecule has 1 heterocycles. The fourth-order valence-electron chi connectivity index (χ4n) is 3.32. The number of likely N-dealkylation sites (tertiary alicyclic amines) is 1. The number of amides is 1. The van der Waals surface area contributed by atoms with Crippen molar-refractivity contribution in [1.82, 2.24) is 4.90 Å². The minimum atomic E-state index is -0.192. The number of aromatic hydroxyl groups is 1. The van der Waals surface area contributed by atoms with Crippen LogP contribution in [-0.4, -0.2) is 34.5 Å². The number of carbonyl (C=O) groups is 1. The summed E-state index contributed by atoms with van der Waals surface area (Å²) in [5.41, 5.74) is 6.46. The molecule has 2 aliphatic rings. The molecule has 21 heavy (non-hydrogen) atoms. The number of nitrogens with two attached hydrogens (primary N) is 1. The second-order valence-electron chi connectivity index (χ2n) is 6.35. The molecule has 0 atom stereocenters. The lowest BCUT2D eigenvalue weighted by atomic mass is 9.85. The Bertz CT molecular complexity index is 731. The van der Waals surface area contributed by atoms with Gasteiger partial charge in [-0.15, -0.1) is 0 Å². The molecule has 1 amide bonds. The lowest BCUT2D eigenvalue weighted by molar-refractivity contribution is 0.0348. The van der Waals surface area contributed by atoms with Crippen LogP contribution in [0.5, 0.6) is 5.75 Å². The Morgan fingerprint density at radius 1 is 1.19 bits per heavy atom. The van der Waals surface area contributed by atoms with Gasteiger partial charge in [0.1, 0.15) is 5.75 Å². The molecule has 0 radical (unpaired) electrons. The van der Waals surface area contributed by atoms with Gasteiger partial charge in [-0.05, 0) is 30.2 Å². The molecule has 0 aromatic heterocycles. The van der Waals surface area contributed by atoms with E-state index in [9.17, 15) is 9.90 Å². The SMILES string of the molecule is NC1(C2CC2)CN(C(=O)c2ccc3ccccc3c2O)C1. The van der Waals surface area contributed by atoms with Gasteiger partial charge >= 0.3 is 0 Å². The predicted molar refractivity (Wildman–Crippen MR) is 81.2 cm³/mol. The Balaban J connectivity index is 1.62. The Morgan fingerprint density at radius 2 is 1.90 bits per heavy atom. The van der Waals surface area contributed by atoms with E-state index in [1.165, 1.54) is 12.8 Å². The molecule has 1 saturated carbocycles. The van der Waals surface area contributed by atoms with Crippen LogP contribution in [0.25, 0.3) is 10.8 Å². The fraction of sp³-hybridized carbons (Fsp3) is 0.353. The monoisotopic (exact) mass is 282 g/mol. The van der Waals surface area contributed by atoms with E-state index in [0.717, 1.165) is 5.39 Å². The number of hydrogen-bond donors (Lipinski definition) is 2. The van der Waals surface area contributed by atoms with Crippen LogP contribution in [0, 0.1) is 5.92 Å². The standard InChI is InChI=1S/C17H18N2O2/c18-17(12-6-7-12)9-19(10-17)16(21)14-8-5-11-3-1-2-4-13(11)15(14)20/h1-5,8,12,20H,6-7,9-10,18H2. The highest BCUT2D eigenvalue weighted by Crippen LogP contribution is 2.43. The summed E-state index contributed by atoms with van der Waals surface area (Å²) in [7, 11) is 0. The van der Waals surface area contributed by atoms with Crippen molar-refractivity contribution >= 4 is 16.7 Å². The Labute approximate surface area is 123 Å². The summed E-state index contributed by atoms with van der Waals surface area (Å²) < 4.78 is 0. The van der Waals surface area contributed by atoms with Gasteiger partial charge in [0.25, 0.3) is 5.91 Å². The van der Waals surface area contributed by atoms with E-state index in [0.29, 0.717) is 30.0 Å². The molecule has 4 rings (SSSR count). The minimum Gasteiger partial charge on any atom is -0.506 e.